The molecule has 1 aliphatic carbocycles. The van der Waals surface area contributed by atoms with Crippen LogP contribution >= 0.6 is 0 Å². The molecule has 0 saturated carbocycles. The number of rotatable bonds is 6. The summed E-state index contributed by atoms with van der Waals surface area (Å²) < 4.78 is 0. The van der Waals surface area contributed by atoms with Gasteiger partial charge in [-0.15, -0.1) is 0 Å². The van der Waals surface area contributed by atoms with Crippen LogP contribution in [0.2, 0.25) is 0 Å². The molecule has 1 rings (SSSR count). The Kier molecular flexibility index (Phi) is 9.77. The van der Waals surface area contributed by atoms with Gasteiger partial charge < -0.3 is 0 Å². The summed E-state index contributed by atoms with van der Waals surface area (Å²) in [6.07, 6.45) is 18.1. The van der Waals surface area contributed by atoms with E-state index in [1.54, 1.807) is 43.5 Å². The van der Waals surface area contributed by atoms with Crippen molar-refractivity contribution >= 4 is 23.5 Å². The SMILES string of the molecule is CC/C=C/C=N/C1=C(\N=C(C)/C=C/CC)C(=O)C(C)/C=C\C=C/CC1=O. The Morgan fingerprint density at radius 1 is 1.15 bits per heavy atom. The molecule has 0 bridgehead atoms. The zero-order chi connectivity index (χ0) is 19.4. The molecule has 0 radical (unpaired) electrons. The molecule has 0 heterocycles. The van der Waals surface area contributed by atoms with Gasteiger partial charge in [-0.3, -0.25) is 14.6 Å². The first kappa shape index (κ1) is 21.4. The molecule has 0 aromatic carbocycles. The van der Waals surface area contributed by atoms with Gasteiger partial charge in [-0.25, -0.2) is 4.99 Å². The summed E-state index contributed by atoms with van der Waals surface area (Å²) in [5, 5.41) is 0. The largest absolute Gasteiger partial charge is 0.292 e. The Hall–Kier alpha value is -2.62. The Bertz CT molecular complexity index is 716. The number of Topliss-reactive ketones (excluding diaryl/α,β-unsaturated/α-hetero) is 2. The first-order valence-corrected chi connectivity index (χ1v) is 9.07. The summed E-state index contributed by atoms with van der Waals surface area (Å²) in [5.74, 6) is -0.811. The van der Waals surface area contributed by atoms with Crippen molar-refractivity contribution in [2.75, 3.05) is 0 Å². The number of aliphatic imine (C=N–C) groups is 2. The predicted molar refractivity (Wildman–Crippen MR) is 110 cm³/mol. The number of nitrogens with zero attached hydrogens (tertiary/aromatic N) is 2. The zero-order valence-electron chi connectivity index (χ0n) is 16.1. The van der Waals surface area contributed by atoms with Crippen molar-refractivity contribution in [3.8, 4) is 0 Å². The predicted octanol–water partition coefficient (Wildman–Crippen LogP) is 4.95. The maximum Gasteiger partial charge on any atom is 0.190 e. The van der Waals surface area contributed by atoms with Crippen molar-refractivity contribution in [2.45, 2.75) is 47.0 Å². The lowest BCUT2D eigenvalue weighted by Gasteiger charge is -2.11. The second-order valence-corrected chi connectivity index (χ2v) is 5.97. The van der Waals surface area contributed by atoms with Gasteiger partial charge in [0.15, 0.2) is 11.6 Å². The van der Waals surface area contributed by atoms with E-state index < -0.39 is 0 Å². The van der Waals surface area contributed by atoms with Gasteiger partial charge in [0, 0.05) is 24.3 Å². The summed E-state index contributed by atoms with van der Waals surface area (Å²) in [4.78, 5) is 34.3. The van der Waals surface area contributed by atoms with E-state index in [9.17, 15) is 9.59 Å². The molecule has 0 aromatic rings. The third-order valence-electron chi connectivity index (χ3n) is 3.63. The van der Waals surface area contributed by atoms with Crippen LogP contribution in [0.15, 0.2) is 70.0 Å². The van der Waals surface area contributed by atoms with Crippen molar-refractivity contribution in [2.24, 2.45) is 15.9 Å². The molecule has 1 unspecified atom stereocenters. The molecule has 1 atom stereocenters. The Balaban J connectivity index is 3.53. The van der Waals surface area contributed by atoms with Crippen LogP contribution in [0.5, 0.6) is 0 Å². The average Bonchev–Trinajstić information content (AvgIpc) is 2.63. The maximum absolute atomic E-state index is 12.9. The highest BCUT2D eigenvalue weighted by atomic mass is 16.1. The standard InChI is InChI=1S/C22H28N2O2/c1-5-7-12-16-23-20-19(25)15-11-9-10-13-17(3)22(26)21(20)24-18(4)14-8-6-2/h7-14,16-17H,5-6,15H2,1-4H3/b11-9-,12-7+,13-10-,14-8+,21-20-,23-16+,24-18-. The summed E-state index contributed by atoms with van der Waals surface area (Å²) >= 11 is 0. The zero-order valence-corrected chi connectivity index (χ0v) is 16.1. The number of hydrogen-bond acceptors (Lipinski definition) is 4. The van der Waals surface area contributed by atoms with Crippen molar-refractivity contribution in [3.63, 3.8) is 0 Å². The first-order chi connectivity index (χ1) is 12.5. The van der Waals surface area contributed by atoms with Crippen LogP contribution in [0, 0.1) is 5.92 Å². The normalized spacial score (nSPS) is 25.5. The number of hydrogen-bond donors (Lipinski definition) is 0. The van der Waals surface area contributed by atoms with E-state index in [-0.39, 0.29) is 35.3 Å². The van der Waals surface area contributed by atoms with Gasteiger partial charge in [-0.05, 0) is 31.9 Å². The van der Waals surface area contributed by atoms with E-state index in [0.717, 1.165) is 12.8 Å². The molecule has 1 aliphatic rings. The van der Waals surface area contributed by atoms with Crippen LogP contribution in [0.3, 0.4) is 0 Å². The summed E-state index contributed by atoms with van der Waals surface area (Å²) in [5.41, 5.74) is 0.914. The van der Waals surface area contributed by atoms with E-state index in [0.29, 0.717) is 5.71 Å². The highest BCUT2D eigenvalue weighted by molar-refractivity contribution is 6.10. The van der Waals surface area contributed by atoms with E-state index in [4.69, 9.17) is 0 Å². The molecule has 0 saturated heterocycles. The lowest BCUT2D eigenvalue weighted by molar-refractivity contribution is -0.119. The van der Waals surface area contributed by atoms with Crippen LogP contribution in [-0.4, -0.2) is 23.5 Å². The van der Waals surface area contributed by atoms with E-state index in [1.807, 2.05) is 39.0 Å². The van der Waals surface area contributed by atoms with Crippen LogP contribution in [0.1, 0.15) is 47.0 Å². The van der Waals surface area contributed by atoms with Crippen LogP contribution in [-0.2, 0) is 9.59 Å². The van der Waals surface area contributed by atoms with Gasteiger partial charge in [0.2, 0.25) is 0 Å². The molecule has 138 valence electrons. The fraction of sp³-hybridized carbons (Fsp3) is 0.364. The molecule has 26 heavy (non-hydrogen) atoms. The van der Waals surface area contributed by atoms with Crippen LogP contribution in [0.4, 0.5) is 0 Å². The van der Waals surface area contributed by atoms with Crippen molar-refractivity contribution in [1.29, 1.82) is 0 Å². The average molecular weight is 352 g/mol. The fourth-order valence-corrected chi connectivity index (χ4v) is 2.19. The minimum absolute atomic E-state index is 0.117. The Morgan fingerprint density at radius 2 is 1.88 bits per heavy atom. The third-order valence-corrected chi connectivity index (χ3v) is 3.63. The lowest BCUT2D eigenvalue weighted by Crippen LogP contribution is -2.16. The molecule has 0 N–H and O–H groups in total. The lowest BCUT2D eigenvalue weighted by atomic mass is 9.99. The molecule has 0 fully saturated rings. The topological polar surface area (TPSA) is 58.9 Å². The summed E-state index contributed by atoms with van der Waals surface area (Å²) in [6, 6.07) is 0. The number of carbonyl (C=O) groups is 2. The first-order valence-electron chi connectivity index (χ1n) is 9.07. The minimum atomic E-state index is -0.386. The van der Waals surface area contributed by atoms with E-state index >= 15 is 0 Å². The monoisotopic (exact) mass is 352 g/mol. The molecule has 0 spiro atoms. The molecular weight excluding hydrogens is 324 g/mol. The van der Waals surface area contributed by atoms with E-state index in [1.165, 1.54) is 0 Å². The van der Waals surface area contributed by atoms with E-state index in [2.05, 4.69) is 9.98 Å². The molecule has 4 heteroatoms. The van der Waals surface area contributed by atoms with Gasteiger partial charge in [0.25, 0.3) is 0 Å². The Labute approximate surface area is 156 Å². The van der Waals surface area contributed by atoms with Gasteiger partial charge in [-0.1, -0.05) is 57.2 Å². The quantitative estimate of drug-likeness (QED) is 0.635. The number of carbonyl (C=O) groups excluding carboxylic acids is 2. The fourth-order valence-electron chi connectivity index (χ4n) is 2.19. The molecule has 0 aromatic heterocycles. The van der Waals surface area contributed by atoms with Gasteiger partial charge >= 0.3 is 0 Å². The van der Waals surface area contributed by atoms with Gasteiger partial charge in [0.05, 0.1) is 0 Å². The maximum atomic E-state index is 12.9. The second-order valence-electron chi connectivity index (χ2n) is 5.97. The highest BCUT2D eigenvalue weighted by Gasteiger charge is 2.23. The molecule has 0 aliphatic heterocycles. The second kappa shape index (κ2) is 11.9. The van der Waals surface area contributed by atoms with Gasteiger partial charge in [-0.2, -0.15) is 0 Å². The molecule has 4 nitrogen and oxygen atoms in total. The van der Waals surface area contributed by atoms with Crippen LogP contribution in [0.25, 0.3) is 0 Å². The van der Waals surface area contributed by atoms with Crippen molar-refractivity contribution < 1.29 is 9.59 Å². The Morgan fingerprint density at radius 3 is 2.58 bits per heavy atom. The third kappa shape index (κ3) is 7.09. The van der Waals surface area contributed by atoms with Crippen molar-refractivity contribution in [3.05, 3.63) is 60.0 Å². The molecule has 0 amide bonds. The highest BCUT2D eigenvalue weighted by Crippen LogP contribution is 2.19. The number of ketones is 2. The van der Waals surface area contributed by atoms with Crippen molar-refractivity contribution in [1.82, 2.24) is 0 Å². The van der Waals surface area contributed by atoms with Gasteiger partial charge in [0.1, 0.15) is 11.4 Å². The summed E-state index contributed by atoms with van der Waals surface area (Å²) in [6.45, 7) is 7.65. The smallest absolute Gasteiger partial charge is 0.190 e. The summed E-state index contributed by atoms with van der Waals surface area (Å²) in [7, 11) is 0. The minimum Gasteiger partial charge on any atom is -0.292 e. The van der Waals surface area contributed by atoms with Crippen LogP contribution < -0.4 is 0 Å². The number of allylic oxidation sites excluding steroid dienone is 10. The molecular formula is C22H28N2O2.